The Morgan fingerprint density at radius 3 is 2.42 bits per heavy atom. The van der Waals surface area contributed by atoms with Crippen molar-refractivity contribution in [1.29, 1.82) is 0 Å². The Kier molecular flexibility index (Phi) is 6.67. The summed E-state index contributed by atoms with van der Waals surface area (Å²) in [7, 11) is 0. The Labute approximate surface area is 123 Å². The van der Waals surface area contributed by atoms with Gasteiger partial charge in [-0.3, -0.25) is 0 Å². The predicted octanol–water partition coefficient (Wildman–Crippen LogP) is 4.32. The summed E-state index contributed by atoms with van der Waals surface area (Å²) < 4.78 is 0. The number of benzene rings is 1. The molecular weight excluding hydrogens is 256 g/mol. The minimum atomic E-state index is 0.473. The maximum atomic E-state index is 6.19. The van der Waals surface area contributed by atoms with E-state index in [4.69, 9.17) is 11.6 Å². The van der Waals surface area contributed by atoms with Crippen molar-refractivity contribution in [2.45, 2.75) is 47.2 Å². The van der Waals surface area contributed by atoms with Crippen molar-refractivity contribution >= 4 is 17.3 Å². The summed E-state index contributed by atoms with van der Waals surface area (Å²) >= 11 is 6.19. The van der Waals surface area contributed by atoms with Gasteiger partial charge in [0, 0.05) is 29.8 Å². The zero-order valence-corrected chi connectivity index (χ0v) is 13.6. The van der Waals surface area contributed by atoms with Gasteiger partial charge in [0.05, 0.1) is 0 Å². The summed E-state index contributed by atoms with van der Waals surface area (Å²) in [5.74, 6) is 0.633. The lowest BCUT2D eigenvalue weighted by Crippen LogP contribution is -2.35. The lowest BCUT2D eigenvalue weighted by atomic mass is 10.1. The second-order valence-electron chi connectivity index (χ2n) is 5.69. The molecule has 0 aliphatic carbocycles. The highest BCUT2D eigenvalue weighted by Gasteiger charge is 2.16. The summed E-state index contributed by atoms with van der Waals surface area (Å²) in [4.78, 5) is 2.45. The molecule has 1 rings (SSSR count). The average molecular weight is 283 g/mol. The molecule has 0 saturated heterocycles. The fourth-order valence-electron chi connectivity index (χ4n) is 2.19. The molecule has 0 bridgehead atoms. The normalized spacial score (nSPS) is 11.4. The summed E-state index contributed by atoms with van der Waals surface area (Å²) in [6, 6.07) is 6.68. The fourth-order valence-corrected chi connectivity index (χ4v) is 2.36. The van der Waals surface area contributed by atoms with Crippen LogP contribution in [0.2, 0.25) is 5.02 Å². The van der Waals surface area contributed by atoms with Gasteiger partial charge < -0.3 is 10.2 Å². The van der Waals surface area contributed by atoms with Crippen molar-refractivity contribution < 1.29 is 0 Å². The van der Waals surface area contributed by atoms with Gasteiger partial charge in [0.15, 0.2) is 0 Å². The first-order chi connectivity index (χ1) is 8.95. The van der Waals surface area contributed by atoms with Crippen molar-refractivity contribution in [2.24, 2.45) is 5.92 Å². The number of rotatable bonds is 7. The lowest BCUT2D eigenvalue weighted by Gasteiger charge is -2.32. The zero-order chi connectivity index (χ0) is 14.4. The topological polar surface area (TPSA) is 15.3 Å². The Hall–Kier alpha value is -0.730. The molecule has 0 heterocycles. The van der Waals surface area contributed by atoms with E-state index in [0.29, 0.717) is 12.0 Å². The fraction of sp³-hybridized carbons (Fsp3) is 0.625. The molecule has 0 aromatic heterocycles. The van der Waals surface area contributed by atoms with Gasteiger partial charge in [-0.05, 0) is 44.0 Å². The molecule has 0 atom stereocenters. The quantitative estimate of drug-likeness (QED) is 0.801. The molecule has 0 spiro atoms. The second kappa shape index (κ2) is 7.76. The monoisotopic (exact) mass is 282 g/mol. The highest BCUT2D eigenvalue weighted by molar-refractivity contribution is 6.30. The van der Waals surface area contributed by atoms with E-state index in [1.54, 1.807) is 0 Å². The molecule has 2 nitrogen and oxygen atoms in total. The van der Waals surface area contributed by atoms with Gasteiger partial charge in [-0.2, -0.15) is 0 Å². The average Bonchev–Trinajstić information content (AvgIpc) is 2.34. The Morgan fingerprint density at radius 2 is 1.89 bits per heavy atom. The van der Waals surface area contributed by atoms with Gasteiger partial charge in [0.2, 0.25) is 0 Å². The molecule has 0 fully saturated rings. The molecule has 1 aromatic rings. The first-order valence-electron chi connectivity index (χ1n) is 7.21. The van der Waals surface area contributed by atoms with Crippen LogP contribution >= 0.6 is 11.6 Å². The molecule has 0 unspecified atom stereocenters. The van der Waals surface area contributed by atoms with Crippen molar-refractivity contribution in [3.8, 4) is 0 Å². The molecule has 0 radical (unpaired) electrons. The molecule has 1 N–H and O–H groups in total. The van der Waals surface area contributed by atoms with Gasteiger partial charge in [-0.25, -0.2) is 0 Å². The Balaban J connectivity index is 3.07. The molecule has 19 heavy (non-hydrogen) atoms. The first kappa shape index (κ1) is 16.3. The molecule has 0 amide bonds. The van der Waals surface area contributed by atoms with Gasteiger partial charge in [-0.15, -0.1) is 0 Å². The van der Waals surface area contributed by atoms with Crippen LogP contribution in [0.1, 0.15) is 40.2 Å². The summed E-state index contributed by atoms with van der Waals surface area (Å²) in [5.41, 5.74) is 2.58. The van der Waals surface area contributed by atoms with E-state index < -0.39 is 0 Å². The highest BCUT2D eigenvalue weighted by Crippen LogP contribution is 2.27. The van der Waals surface area contributed by atoms with Crippen LogP contribution in [0.4, 0.5) is 5.69 Å². The highest BCUT2D eigenvalue weighted by atomic mass is 35.5. The first-order valence-corrected chi connectivity index (χ1v) is 7.59. The van der Waals surface area contributed by atoms with E-state index in [-0.39, 0.29) is 0 Å². The third-order valence-electron chi connectivity index (χ3n) is 3.11. The summed E-state index contributed by atoms with van der Waals surface area (Å²) in [6.07, 6.45) is 0. The zero-order valence-electron chi connectivity index (χ0n) is 12.8. The maximum absolute atomic E-state index is 6.19. The molecule has 0 saturated carbocycles. The van der Waals surface area contributed by atoms with Gasteiger partial charge in [0.1, 0.15) is 0 Å². The molecule has 108 valence electrons. The van der Waals surface area contributed by atoms with Crippen LogP contribution in [-0.2, 0) is 6.54 Å². The van der Waals surface area contributed by atoms with Crippen LogP contribution in [-0.4, -0.2) is 19.1 Å². The molecular formula is C16H27ClN2. The smallest absolute Gasteiger partial charge is 0.0429 e. The number of nitrogens with one attached hydrogen (secondary N) is 1. The van der Waals surface area contributed by atoms with Crippen LogP contribution in [0.3, 0.4) is 0 Å². The van der Waals surface area contributed by atoms with Gasteiger partial charge in [0.25, 0.3) is 0 Å². The number of anilines is 1. The van der Waals surface area contributed by atoms with Crippen molar-refractivity contribution in [2.75, 3.05) is 18.0 Å². The number of hydrogen-bond donors (Lipinski definition) is 1. The Morgan fingerprint density at radius 1 is 1.21 bits per heavy atom. The standard InChI is InChI=1S/C16H27ClN2/c1-6-18-10-14-7-8-15(17)9-16(14)19(13(4)5)11-12(2)3/h7-9,12-13,18H,6,10-11H2,1-5H3. The number of halogens is 1. The second-order valence-corrected chi connectivity index (χ2v) is 6.13. The van der Waals surface area contributed by atoms with Gasteiger partial charge in [-0.1, -0.05) is 38.4 Å². The number of nitrogens with zero attached hydrogens (tertiary/aromatic N) is 1. The van der Waals surface area contributed by atoms with E-state index in [0.717, 1.165) is 24.7 Å². The minimum Gasteiger partial charge on any atom is -0.369 e. The molecule has 0 aliphatic rings. The van der Waals surface area contributed by atoms with Crippen molar-refractivity contribution in [3.63, 3.8) is 0 Å². The lowest BCUT2D eigenvalue weighted by molar-refractivity contribution is 0.568. The van der Waals surface area contributed by atoms with Crippen LogP contribution in [0.5, 0.6) is 0 Å². The SMILES string of the molecule is CCNCc1ccc(Cl)cc1N(CC(C)C)C(C)C. The van der Waals surface area contributed by atoms with Crippen LogP contribution in [0, 0.1) is 5.92 Å². The summed E-state index contributed by atoms with van der Waals surface area (Å²) in [5, 5.41) is 4.21. The maximum Gasteiger partial charge on any atom is 0.0429 e. The van der Waals surface area contributed by atoms with E-state index in [2.05, 4.69) is 57.0 Å². The molecule has 3 heteroatoms. The van der Waals surface area contributed by atoms with E-state index >= 15 is 0 Å². The number of hydrogen-bond acceptors (Lipinski definition) is 2. The van der Waals surface area contributed by atoms with Crippen molar-refractivity contribution in [1.82, 2.24) is 5.32 Å². The van der Waals surface area contributed by atoms with Crippen molar-refractivity contribution in [3.05, 3.63) is 28.8 Å². The molecule has 1 aromatic carbocycles. The Bertz CT molecular complexity index is 388. The third kappa shape index (κ3) is 5.04. The predicted molar refractivity (Wildman–Crippen MR) is 86.2 cm³/mol. The van der Waals surface area contributed by atoms with E-state index in [1.165, 1.54) is 11.3 Å². The van der Waals surface area contributed by atoms with Gasteiger partial charge >= 0.3 is 0 Å². The van der Waals surface area contributed by atoms with Crippen LogP contribution in [0.25, 0.3) is 0 Å². The van der Waals surface area contributed by atoms with E-state index in [9.17, 15) is 0 Å². The summed E-state index contributed by atoms with van der Waals surface area (Å²) in [6.45, 7) is 14.0. The third-order valence-corrected chi connectivity index (χ3v) is 3.34. The molecule has 0 aliphatic heterocycles. The van der Waals surface area contributed by atoms with Crippen LogP contribution in [0.15, 0.2) is 18.2 Å². The largest absolute Gasteiger partial charge is 0.369 e. The van der Waals surface area contributed by atoms with Crippen LogP contribution < -0.4 is 10.2 Å². The van der Waals surface area contributed by atoms with E-state index in [1.807, 2.05) is 6.07 Å². The minimum absolute atomic E-state index is 0.473.